The summed E-state index contributed by atoms with van der Waals surface area (Å²) in [5, 5.41) is 20.8. The van der Waals surface area contributed by atoms with Crippen molar-refractivity contribution in [3.8, 4) is 0 Å². The maximum atomic E-state index is 11.5. The van der Waals surface area contributed by atoms with E-state index in [1.54, 1.807) is 7.05 Å². The van der Waals surface area contributed by atoms with Gasteiger partial charge < -0.3 is 20.2 Å². The second-order valence-electron chi connectivity index (χ2n) is 8.95. The number of rotatable bonds is 1. The number of nitrogens with one attached hydrogen (secondary N) is 3. The largest absolute Gasteiger partial charge is 0.425 e. The topological polar surface area (TPSA) is 190 Å². The number of hydrogen-bond donors (Lipinski definition) is 4. The van der Waals surface area contributed by atoms with Gasteiger partial charge in [0.2, 0.25) is 0 Å². The van der Waals surface area contributed by atoms with Crippen molar-refractivity contribution in [3.05, 3.63) is 92.0 Å². The summed E-state index contributed by atoms with van der Waals surface area (Å²) in [4.78, 5) is 67.5. The summed E-state index contributed by atoms with van der Waals surface area (Å²) in [5.41, 5.74) is 1.48. The highest BCUT2D eigenvalue weighted by Gasteiger charge is 2.29. The van der Waals surface area contributed by atoms with E-state index in [2.05, 4.69) is 19.9 Å². The fraction of sp³-hybridized carbons (Fsp3) is 0.273. The van der Waals surface area contributed by atoms with Gasteiger partial charge in [0.15, 0.2) is 0 Å². The Hall–Kier alpha value is -4.56. The predicted octanol–water partition coefficient (Wildman–Crippen LogP) is -0.0575. The van der Waals surface area contributed by atoms with E-state index >= 15 is 0 Å². The highest BCUT2D eigenvalue weighted by atomic mass is 16.6. The van der Waals surface area contributed by atoms with Gasteiger partial charge in [-0.05, 0) is 31.3 Å². The van der Waals surface area contributed by atoms with Crippen molar-refractivity contribution in [3.63, 3.8) is 0 Å². The van der Waals surface area contributed by atoms with Crippen LogP contribution in [0.3, 0.4) is 0 Å². The molecule has 2 aromatic carbocycles. The lowest BCUT2D eigenvalue weighted by Gasteiger charge is -2.07. The molecule has 6 rings (SSSR count). The molecule has 0 aliphatic carbocycles. The lowest BCUT2D eigenvalue weighted by molar-refractivity contribution is -0.385. The molecule has 0 fully saturated rings. The average Bonchev–Trinajstić information content (AvgIpc) is 3.40. The first-order valence-electron chi connectivity index (χ1n) is 10.9. The summed E-state index contributed by atoms with van der Waals surface area (Å²) >= 11 is 0. The summed E-state index contributed by atoms with van der Waals surface area (Å²) < 4.78 is 0.153. The molecule has 2 aliphatic rings. The molecule has 14 nitrogen and oxygen atoms in total. The van der Waals surface area contributed by atoms with Crippen LogP contribution in [-0.4, -0.2) is 53.7 Å². The Kier molecular flexibility index (Phi) is 5.34. The molecule has 0 saturated carbocycles. The van der Waals surface area contributed by atoms with E-state index in [9.17, 15) is 34.5 Å². The molecule has 0 radical (unpaired) electrons. The Balaban J connectivity index is 0.000000152. The summed E-state index contributed by atoms with van der Waals surface area (Å²) in [7, 11) is 3.80. The quantitative estimate of drug-likeness (QED) is 0.121. The van der Waals surface area contributed by atoms with Crippen LogP contribution in [-0.2, 0) is 26.2 Å². The molecule has 4 aromatic rings. The molecule has 2 aromatic heterocycles. The molecule has 36 heavy (non-hydrogen) atoms. The van der Waals surface area contributed by atoms with E-state index in [1.165, 1.54) is 5.56 Å². The number of aromatic amines is 3. The molecular weight excluding hydrogens is 474 g/mol. The van der Waals surface area contributed by atoms with Crippen LogP contribution in [0.15, 0.2) is 37.4 Å². The lowest BCUT2D eigenvalue weighted by atomic mass is 10.1. The highest BCUT2D eigenvalue weighted by molar-refractivity contribution is 5.84. The summed E-state index contributed by atoms with van der Waals surface area (Å²) in [6.45, 7) is 2.44. The minimum atomic E-state index is -1.17. The molecule has 0 saturated heterocycles. The third-order valence-corrected chi connectivity index (χ3v) is 6.38. The number of nitro benzene ring substituents is 1. The zero-order valence-corrected chi connectivity index (χ0v) is 19.2. The molecule has 0 unspecified atom stereocenters. The number of benzene rings is 2. The van der Waals surface area contributed by atoms with Gasteiger partial charge >= 0.3 is 22.2 Å². The van der Waals surface area contributed by atoms with Crippen molar-refractivity contribution < 1.29 is 10.1 Å². The van der Waals surface area contributed by atoms with Gasteiger partial charge in [0, 0.05) is 37.8 Å². The first-order chi connectivity index (χ1) is 17.0. The highest BCUT2D eigenvalue weighted by Crippen LogP contribution is 2.34. The molecule has 14 heteroatoms. The Morgan fingerprint density at radius 2 is 1.44 bits per heavy atom. The van der Waals surface area contributed by atoms with E-state index in [0.717, 1.165) is 30.2 Å². The van der Waals surface area contributed by atoms with Gasteiger partial charge in [-0.2, -0.15) is 0 Å². The number of fused-ring (bicyclic) bond motifs is 6. The van der Waals surface area contributed by atoms with Crippen LogP contribution in [0.25, 0.3) is 22.1 Å². The fourth-order valence-electron chi connectivity index (χ4n) is 4.77. The van der Waals surface area contributed by atoms with Gasteiger partial charge in [-0.1, -0.05) is 6.07 Å². The Bertz CT molecular complexity index is 1820. The van der Waals surface area contributed by atoms with Crippen LogP contribution in [0.5, 0.6) is 0 Å². The van der Waals surface area contributed by atoms with Crippen LogP contribution in [0.2, 0.25) is 0 Å². The number of nitrogens with zero attached hydrogens (tertiary/aromatic N) is 4. The number of aromatic nitrogens is 4. The van der Waals surface area contributed by atoms with Crippen molar-refractivity contribution >= 4 is 27.8 Å². The molecule has 0 amide bonds. The number of nitro groups is 1. The molecule has 0 atom stereocenters. The van der Waals surface area contributed by atoms with E-state index < -0.39 is 27.2 Å². The van der Waals surface area contributed by atoms with Crippen molar-refractivity contribution in [2.24, 2.45) is 0 Å². The van der Waals surface area contributed by atoms with Gasteiger partial charge in [-0.15, -0.1) is 4.73 Å². The molecular formula is C22H21N7O7. The molecule has 186 valence electrons. The Morgan fingerprint density at radius 3 is 2.17 bits per heavy atom. The number of H-pyrrole nitrogens is 3. The van der Waals surface area contributed by atoms with Gasteiger partial charge in [-0.25, -0.2) is 0 Å². The average molecular weight is 495 g/mol. The van der Waals surface area contributed by atoms with Gasteiger partial charge in [-0.3, -0.25) is 39.1 Å². The van der Waals surface area contributed by atoms with E-state index in [-0.39, 0.29) is 21.5 Å². The van der Waals surface area contributed by atoms with E-state index in [4.69, 9.17) is 0 Å². The zero-order chi connectivity index (χ0) is 25.9. The Labute approximate surface area is 200 Å². The predicted molar refractivity (Wildman–Crippen MR) is 128 cm³/mol. The van der Waals surface area contributed by atoms with Gasteiger partial charge in [0.1, 0.15) is 5.52 Å². The normalized spacial score (nSPS) is 15.1. The van der Waals surface area contributed by atoms with Crippen molar-refractivity contribution in [1.82, 2.24) is 29.5 Å². The molecule has 4 heterocycles. The van der Waals surface area contributed by atoms with Crippen LogP contribution in [0.4, 0.5) is 5.69 Å². The van der Waals surface area contributed by atoms with Gasteiger partial charge in [0.05, 0.1) is 27.0 Å². The van der Waals surface area contributed by atoms with E-state index in [1.807, 2.05) is 24.1 Å². The van der Waals surface area contributed by atoms with Crippen LogP contribution >= 0.6 is 0 Å². The second-order valence-corrected chi connectivity index (χ2v) is 8.95. The molecule has 2 aliphatic heterocycles. The first-order valence-corrected chi connectivity index (χ1v) is 10.9. The van der Waals surface area contributed by atoms with Crippen molar-refractivity contribution in [2.75, 3.05) is 14.1 Å². The maximum absolute atomic E-state index is 11.5. The maximum Gasteiger partial charge on any atom is 0.348 e. The van der Waals surface area contributed by atoms with E-state index in [0.29, 0.717) is 29.7 Å². The summed E-state index contributed by atoms with van der Waals surface area (Å²) in [6.07, 6.45) is 0. The molecule has 4 N–H and O–H groups in total. The smallest absolute Gasteiger partial charge is 0.348 e. The standard InChI is InChI=1S/C11H10N4O5.C11H11N3O2/c1-13-3-5-6(4-13)9-8(2-7(5)15(19)20)14(18)11(17)10(16)12-9;1-14-4-6-2-3-8-9(7(6)5-14)13-11(16)10(15)12-8/h2,18H,3-4H2,1H3,(H,12,16);2-3H,4-5H2,1H3,(H,12,15)(H,13,16). The monoisotopic (exact) mass is 495 g/mol. The zero-order valence-electron chi connectivity index (χ0n) is 19.2. The fourth-order valence-corrected chi connectivity index (χ4v) is 4.77. The summed E-state index contributed by atoms with van der Waals surface area (Å²) in [5.74, 6) is 0. The SMILES string of the molecule is CN1Cc2c([N+](=O)[O-])cc3c([nH]c(=O)c(=O)n3O)c2C1.CN1Cc2ccc3[nH]c(=O)c(=O)[nH]c3c2C1. The Morgan fingerprint density at radius 1 is 0.833 bits per heavy atom. The summed E-state index contributed by atoms with van der Waals surface area (Å²) in [6, 6.07) is 4.94. The van der Waals surface area contributed by atoms with Crippen molar-refractivity contribution in [1.29, 1.82) is 0 Å². The second kappa shape index (κ2) is 8.28. The third kappa shape index (κ3) is 3.68. The van der Waals surface area contributed by atoms with Crippen LogP contribution in [0.1, 0.15) is 22.3 Å². The lowest BCUT2D eigenvalue weighted by Crippen LogP contribution is -2.35. The molecule has 0 bridgehead atoms. The minimum Gasteiger partial charge on any atom is -0.425 e. The third-order valence-electron chi connectivity index (χ3n) is 6.38. The van der Waals surface area contributed by atoms with Crippen molar-refractivity contribution in [2.45, 2.75) is 26.2 Å². The van der Waals surface area contributed by atoms with Gasteiger partial charge in [0.25, 0.3) is 5.69 Å². The van der Waals surface area contributed by atoms with Crippen LogP contribution in [0, 0.1) is 10.1 Å². The first kappa shape index (κ1) is 23.2. The minimum absolute atomic E-state index is 0.0737. The number of hydrogen-bond acceptors (Lipinski definition) is 9. The molecule has 0 spiro atoms. The van der Waals surface area contributed by atoms with Crippen LogP contribution < -0.4 is 22.2 Å².